The zero-order chi connectivity index (χ0) is 16.4. The van der Waals surface area contributed by atoms with Gasteiger partial charge < -0.3 is 9.47 Å². The molecule has 1 aromatic carbocycles. The fourth-order valence-electron chi connectivity index (χ4n) is 2.82. The molecule has 1 spiro atoms. The normalized spacial score (nSPS) is 19.9. The van der Waals surface area contributed by atoms with Gasteiger partial charge in [-0.25, -0.2) is 9.59 Å². The number of ether oxygens (including phenoxy) is 2. The van der Waals surface area contributed by atoms with E-state index in [1.807, 2.05) is 0 Å². The van der Waals surface area contributed by atoms with E-state index in [0.717, 1.165) is 19.3 Å². The van der Waals surface area contributed by atoms with Crippen molar-refractivity contribution >= 4 is 23.7 Å². The van der Waals surface area contributed by atoms with Crippen molar-refractivity contribution in [3.8, 4) is 0 Å². The van der Waals surface area contributed by atoms with E-state index < -0.39 is 22.6 Å². The minimum absolute atomic E-state index is 0.0675. The molecule has 2 aliphatic rings. The molecule has 1 aliphatic carbocycles. The van der Waals surface area contributed by atoms with Crippen molar-refractivity contribution in [1.29, 1.82) is 0 Å². The molecule has 0 atom stereocenters. The zero-order valence-electron chi connectivity index (χ0n) is 12.3. The van der Waals surface area contributed by atoms with E-state index >= 15 is 0 Å². The highest BCUT2D eigenvalue weighted by molar-refractivity contribution is 6.18. The van der Waals surface area contributed by atoms with E-state index in [-0.39, 0.29) is 11.3 Å². The van der Waals surface area contributed by atoms with Gasteiger partial charge in [-0.2, -0.15) is 0 Å². The Balaban J connectivity index is 1.81. The Hall–Kier alpha value is -2.70. The van der Waals surface area contributed by atoms with Crippen LogP contribution in [0.5, 0.6) is 0 Å². The lowest BCUT2D eigenvalue weighted by molar-refractivity contribution is -0.384. The van der Waals surface area contributed by atoms with Crippen LogP contribution in [0.15, 0.2) is 29.8 Å². The van der Waals surface area contributed by atoms with Gasteiger partial charge in [0.05, 0.1) is 4.92 Å². The van der Waals surface area contributed by atoms with Crippen LogP contribution in [0.25, 0.3) is 6.08 Å². The summed E-state index contributed by atoms with van der Waals surface area (Å²) in [6.07, 6.45) is 5.10. The van der Waals surface area contributed by atoms with Crippen LogP contribution in [-0.4, -0.2) is 22.6 Å². The van der Waals surface area contributed by atoms with Crippen molar-refractivity contribution in [2.24, 2.45) is 0 Å². The van der Waals surface area contributed by atoms with Gasteiger partial charge in [-0.05, 0) is 36.6 Å². The number of carbonyl (C=O) groups is 2. The number of benzene rings is 1. The quantitative estimate of drug-likeness (QED) is 0.273. The summed E-state index contributed by atoms with van der Waals surface area (Å²) >= 11 is 0. The molecule has 23 heavy (non-hydrogen) atoms. The summed E-state index contributed by atoms with van der Waals surface area (Å²) in [4.78, 5) is 34.4. The smallest absolute Gasteiger partial charge is 0.348 e. The molecule has 0 radical (unpaired) electrons. The molecule has 0 amide bonds. The summed E-state index contributed by atoms with van der Waals surface area (Å²) < 4.78 is 10.7. The van der Waals surface area contributed by atoms with Crippen molar-refractivity contribution in [3.05, 3.63) is 45.5 Å². The van der Waals surface area contributed by atoms with E-state index in [4.69, 9.17) is 9.47 Å². The largest absolute Gasteiger partial charge is 0.419 e. The Labute approximate surface area is 132 Å². The van der Waals surface area contributed by atoms with Crippen molar-refractivity contribution in [2.75, 3.05) is 0 Å². The Kier molecular flexibility index (Phi) is 3.85. The predicted molar refractivity (Wildman–Crippen MR) is 79.1 cm³/mol. The third-order valence-corrected chi connectivity index (χ3v) is 4.03. The van der Waals surface area contributed by atoms with E-state index in [9.17, 15) is 19.7 Å². The molecule has 0 bridgehead atoms. The highest BCUT2D eigenvalue weighted by Gasteiger charge is 2.46. The first kappa shape index (κ1) is 15.2. The Morgan fingerprint density at radius 2 is 1.57 bits per heavy atom. The Morgan fingerprint density at radius 1 is 1.00 bits per heavy atom. The number of hydrogen-bond donors (Lipinski definition) is 0. The second-order valence-corrected chi connectivity index (χ2v) is 5.66. The second-order valence-electron chi connectivity index (χ2n) is 5.66. The van der Waals surface area contributed by atoms with Crippen molar-refractivity contribution in [2.45, 2.75) is 37.9 Å². The van der Waals surface area contributed by atoms with Crippen LogP contribution in [0.3, 0.4) is 0 Å². The summed E-state index contributed by atoms with van der Waals surface area (Å²) in [5.41, 5.74) is 0.219. The molecule has 7 heteroatoms. The van der Waals surface area contributed by atoms with Crippen molar-refractivity contribution < 1.29 is 24.0 Å². The summed E-state index contributed by atoms with van der Waals surface area (Å²) in [5, 5.41) is 10.6. The molecule has 1 saturated heterocycles. The van der Waals surface area contributed by atoms with Gasteiger partial charge in [0.1, 0.15) is 5.57 Å². The number of esters is 2. The molecule has 1 aliphatic heterocycles. The maximum Gasteiger partial charge on any atom is 0.348 e. The molecular weight excluding hydrogens is 302 g/mol. The fraction of sp³-hybridized carbons (Fsp3) is 0.375. The Morgan fingerprint density at radius 3 is 2.09 bits per heavy atom. The number of hydrogen-bond acceptors (Lipinski definition) is 6. The van der Waals surface area contributed by atoms with Crippen LogP contribution < -0.4 is 0 Å². The molecule has 1 heterocycles. The van der Waals surface area contributed by atoms with Gasteiger partial charge in [-0.1, -0.05) is 6.42 Å². The van der Waals surface area contributed by atoms with Crippen LogP contribution in [-0.2, 0) is 19.1 Å². The van der Waals surface area contributed by atoms with Crippen LogP contribution in [0, 0.1) is 10.1 Å². The predicted octanol–water partition coefficient (Wildman–Crippen LogP) is 2.74. The lowest BCUT2D eigenvalue weighted by Crippen LogP contribution is -2.47. The number of carbonyl (C=O) groups excluding carboxylic acids is 2. The number of nitro groups is 1. The first-order chi connectivity index (χ1) is 11.0. The number of rotatable bonds is 2. The monoisotopic (exact) mass is 317 g/mol. The zero-order valence-corrected chi connectivity index (χ0v) is 12.3. The minimum Gasteiger partial charge on any atom is -0.419 e. The number of non-ortho nitro benzene ring substituents is 1. The minimum atomic E-state index is -1.11. The number of nitrogens with zero attached hydrogens (tertiary/aromatic N) is 1. The van der Waals surface area contributed by atoms with Crippen molar-refractivity contribution in [1.82, 2.24) is 0 Å². The second kappa shape index (κ2) is 5.83. The van der Waals surface area contributed by atoms with Gasteiger partial charge in [0.15, 0.2) is 0 Å². The SMILES string of the molecule is O=C1OC2(CCCCC2)OC(=O)C1=Cc1ccc([N+](=O)[O-])cc1. The molecule has 1 saturated carbocycles. The van der Waals surface area contributed by atoms with Gasteiger partial charge in [0, 0.05) is 25.0 Å². The first-order valence-electron chi connectivity index (χ1n) is 7.42. The van der Waals surface area contributed by atoms with E-state index in [2.05, 4.69) is 0 Å². The van der Waals surface area contributed by atoms with Gasteiger partial charge in [0.25, 0.3) is 11.5 Å². The third-order valence-electron chi connectivity index (χ3n) is 4.03. The van der Waals surface area contributed by atoms with Crippen molar-refractivity contribution in [3.63, 3.8) is 0 Å². The van der Waals surface area contributed by atoms with Gasteiger partial charge >= 0.3 is 11.9 Å². The molecule has 3 rings (SSSR count). The maximum atomic E-state index is 12.2. The molecule has 0 aromatic heterocycles. The fourth-order valence-corrected chi connectivity index (χ4v) is 2.82. The molecule has 7 nitrogen and oxygen atoms in total. The average molecular weight is 317 g/mol. The third kappa shape index (κ3) is 3.08. The average Bonchev–Trinajstić information content (AvgIpc) is 2.52. The first-order valence-corrected chi connectivity index (χ1v) is 7.42. The lowest BCUT2D eigenvalue weighted by Gasteiger charge is -2.38. The summed E-state index contributed by atoms with van der Waals surface area (Å²) in [5.74, 6) is -2.53. The van der Waals surface area contributed by atoms with Gasteiger partial charge in [0.2, 0.25) is 0 Å². The molecule has 2 fully saturated rings. The van der Waals surface area contributed by atoms with E-state index in [1.165, 1.54) is 30.3 Å². The molecule has 0 unspecified atom stereocenters. The molecule has 1 aromatic rings. The van der Waals surface area contributed by atoms with Crippen LogP contribution in [0.4, 0.5) is 5.69 Å². The van der Waals surface area contributed by atoms with Crippen LogP contribution >= 0.6 is 0 Å². The van der Waals surface area contributed by atoms with Gasteiger partial charge in [-0.15, -0.1) is 0 Å². The summed E-state index contributed by atoms with van der Waals surface area (Å²) in [6.45, 7) is 0. The highest BCUT2D eigenvalue weighted by Crippen LogP contribution is 2.37. The highest BCUT2D eigenvalue weighted by atomic mass is 16.7. The number of nitro benzene ring substituents is 1. The molecular formula is C16H15NO6. The summed E-state index contributed by atoms with van der Waals surface area (Å²) in [6, 6.07) is 5.51. The topological polar surface area (TPSA) is 95.7 Å². The van der Waals surface area contributed by atoms with E-state index in [0.29, 0.717) is 18.4 Å². The maximum absolute atomic E-state index is 12.2. The standard InChI is InChI=1S/C16H15NO6/c18-14-13(10-11-4-6-12(7-5-11)17(20)21)15(19)23-16(22-14)8-2-1-3-9-16/h4-7,10H,1-3,8-9H2. The van der Waals surface area contributed by atoms with Crippen LogP contribution in [0.2, 0.25) is 0 Å². The van der Waals surface area contributed by atoms with E-state index in [1.54, 1.807) is 0 Å². The lowest BCUT2D eigenvalue weighted by atomic mass is 9.93. The summed E-state index contributed by atoms with van der Waals surface area (Å²) in [7, 11) is 0. The molecule has 0 N–H and O–H groups in total. The Bertz CT molecular complexity index is 663. The molecule has 120 valence electrons. The van der Waals surface area contributed by atoms with Crippen LogP contribution in [0.1, 0.15) is 37.7 Å². The van der Waals surface area contributed by atoms with Gasteiger partial charge in [-0.3, -0.25) is 10.1 Å².